The Balaban J connectivity index is 1.96. The van der Waals surface area contributed by atoms with Crippen molar-refractivity contribution in [3.8, 4) is 17.6 Å². The third-order valence-electron chi connectivity index (χ3n) is 4.27. The molecule has 0 aliphatic carbocycles. The number of hydrogen-bond acceptors (Lipinski definition) is 5. The summed E-state index contributed by atoms with van der Waals surface area (Å²) in [6.45, 7) is 5.83. The number of hydrazine groups is 1. The van der Waals surface area contributed by atoms with E-state index >= 15 is 0 Å². The Morgan fingerprint density at radius 1 is 1.28 bits per heavy atom. The zero-order valence-electron chi connectivity index (χ0n) is 16.8. The van der Waals surface area contributed by atoms with Crippen molar-refractivity contribution in [2.45, 2.75) is 26.8 Å². The number of benzene rings is 2. The smallest absolute Gasteiger partial charge is 0.217 e. The van der Waals surface area contributed by atoms with Gasteiger partial charge in [0.05, 0.1) is 30.2 Å². The number of rotatable bonds is 4. The standard InChI is InChI=1S/C23H24N4O2/c1-17-15-22(29)11-12-23(17)27(21-7-5-4-6-8-21)26-14-13-24-20(16-26)10-9-18(2)25-19(3)28/h4-8,11-13,15-16,18,29H,14H2,1-3H3,(H,25,28). The third kappa shape index (κ3) is 5.17. The number of aryl methyl sites for hydroxylation is 1. The highest BCUT2D eigenvalue weighted by molar-refractivity contribution is 5.74. The van der Waals surface area contributed by atoms with Crippen LogP contribution in [0.5, 0.6) is 5.75 Å². The van der Waals surface area contributed by atoms with Gasteiger partial charge in [-0.2, -0.15) is 0 Å². The lowest BCUT2D eigenvalue weighted by atomic mass is 10.1. The molecular formula is C23H24N4O2. The molecule has 148 valence electrons. The highest BCUT2D eigenvalue weighted by atomic mass is 16.3. The first-order chi connectivity index (χ1) is 13.9. The van der Waals surface area contributed by atoms with Gasteiger partial charge in [-0.1, -0.05) is 24.1 Å². The monoisotopic (exact) mass is 388 g/mol. The molecule has 0 aromatic heterocycles. The first-order valence-electron chi connectivity index (χ1n) is 9.38. The molecular weight excluding hydrogens is 364 g/mol. The van der Waals surface area contributed by atoms with Gasteiger partial charge < -0.3 is 10.4 Å². The second-order valence-corrected chi connectivity index (χ2v) is 6.76. The van der Waals surface area contributed by atoms with Gasteiger partial charge >= 0.3 is 0 Å². The summed E-state index contributed by atoms with van der Waals surface area (Å²) in [5.41, 5.74) is 3.47. The number of phenols is 1. The summed E-state index contributed by atoms with van der Waals surface area (Å²) >= 11 is 0. The molecule has 0 spiro atoms. The normalized spacial score (nSPS) is 13.8. The van der Waals surface area contributed by atoms with Gasteiger partial charge in [0.25, 0.3) is 0 Å². The lowest BCUT2D eigenvalue weighted by Crippen LogP contribution is -2.38. The Morgan fingerprint density at radius 2 is 2.03 bits per heavy atom. The average Bonchev–Trinajstić information content (AvgIpc) is 2.69. The topological polar surface area (TPSA) is 68.2 Å². The summed E-state index contributed by atoms with van der Waals surface area (Å²) in [4.78, 5) is 15.5. The highest BCUT2D eigenvalue weighted by Crippen LogP contribution is 2.32. The van der Waals surface area contributed by atoms with Crippen LogP contribution in [0.4, 0.5) is 11.4 Å². The zero-order valence-corrected chi connectivity index (χ0v) is 16.8. The second-order valence-electron chi connectivity index (χ2n) is 6.76. The number of hydrogen-bond donors (Lipinski definition) is 2. The molecule has 0 radical (unpaired) electrons. The molecule has 2 aromatic rings. The van der Waals surface area contributed by atoms with Gasteiger partial charge in [0.2, 0.25) is 5.91 Å². The van der Waals surface area contributed by atoms with Crippen molar-refractivity contribution in [1.29, 1.82) is 0 Å². The fourth-order valence-electron chi connectivity index (χ4n) is 3.05. The number of anilines is 2. The Bertz CT molecular complexity index is 1000. The maximum Gasteiger partial charge on any atom is 0.217 e. The zero-order chi connectivity index (χ0) is 20.8. The minimum Gasteiger partial charge on any atom is -0.508 e. The SMILES string of the molecule is CC(=O)NC(C)C#CC1=CN(N(c2ccccc2)c2ccc(O)cc2C)CC=N1. The van der Waals surface area contributed by atoms with Gasteiger partial charge in [0.15, 0.2) is 0 Å². The summed E-state index contributed by atoms with van der Waals surface area (Å²) in [5.74, 6) is 6.14. The van der Waals surface area contributed by atoms with E-state index in [-0.39, 0.29) is 17.7 Å². The van der Waals surface area contributed by atoms with E-state index in [1.807, 2.05) is 61.5 Å². The fourth-order valence-corrected chi connectivity index (χ4v) is 3.05. The van der Waals surface area contributed by atoms with E-state index in [1.54, 1.807) is 18.3 Å². The van der Waals surface area contributed by atoms with Crippen molar-refractivity contribution < 1.29 is 9.90 Å². The molecule has 0 saturated heterocycles. The van der Waals surface area contributed by atoms with E-state index in [0.717, 1.165) is 16.9 Å². The Morgan fingerprint density at radius 3 is 2.72 bits per heavy atom. The molecule has 2 N–H and O–H groups in total. The minimum absolute atomic E-state index is 0.118. The van der Waals surface area contributed by atoms with Crippen LogP contribution in [-0.2, 0) is 4.79 Å². The molecule has 2 aromatic carbocycles. The molecule has 1 aliphatic rings. The third-order valence-corrected chi connectivity index (χ3v) is 4.27. The molecule has 1 aliphatic heterocycles. The molecule has 0 saturated carbocycles. The number of carbonyl (C=O) groups is 1. The number of carbonyl (C=O) groups excluding carboxylic acids is 1. The van der Waals surface area contributed by atoms with Crippen LogP contribution >= 0.6 is 0 Å². The predicted octanol–water partition coefficient (Wildman–Crippen LogP) is 3.51. The molecule has 6 heteroatoms. The van der Waals surface area contributed by atoms with Crippen LogP contribution in [0.1, 0.15) is 19.4 Å². The van der Waals surface area contributed by atoms with Gasteiger partial charge in [0.1, 0.15) is 11.4 Å². The van der Waals surface area contributed by atoms with Crippen LogP contribution in [0.2, 0.25) is 0 Å². The summed E-state index contributed by atoms with van der Waals surface area (Å²) in [5, 5.41) is 16.6. The van der Waals surface area contributed by atoms with Crippen LogP contribution in [0.25, 0.3) is 0 Å². The Hall–Kier alpha value is -3.72. The number of phenolic OH excluding ortho intramolecular Hbond substituents is 1. The van der Waals surface area contributed by atoms with E-state index in [2.05, 4.69) is 27.2 Å². The molecule has 1 amide bonds. The molecule has 1 unspecified atom stereocenters. The lowest BCUT2D eigenvalue weighted by molar-refractivity contribution is -0.119. The van der Waals surface area contributed by atoms with Crippen molar-refractivity contribution in [3.05, 3.63) is 66.0 Å². The number of aliphatic imine (C=N–C) groups is 1. The van der Waals surface area contributed by atoms with Crippen LogP contribution in [0.3, 0.4) is 0 Å². The van der Waals surface area contributed by atoms with E-state index in [0.29, 0.717) is 12.2 Å². The number of para-hydroxylation sites is 1. The van der Waals surface area contributed by atoms with Gasteiger partial charge in [-0.3, -0.25) is 14.8 Å². The van der Waals surface area contributed by atoms with E-state index < -0.39 is 0 Å². The summed E-state index contributed by atoms with van der Waals surface area (Å²) in [6, 6.07) is 15.0. The van der Waals surface area contributed by atoms with E-state index in [4.69, 9.17) is 0 Å². The van der Waals surface area contributed by atoms with Gasteiger partial charge in [-0.25, -0.2) is 4.99 Å². The maximum absolute atomic E-state index is 11.2. The van der Waals surface area contributed by atoms with Crippen LogP contribution in [0, 0.1) is 18.8 Å². The van der Waals surface area contributed by atoms with Crippen LogP contribution in [0.15, 0.2) is 65.4 Å². The van der Waals surface area contributed by atoms with Gasteiger partial charge in [-0.05, 0) is 55.7 Å². The largest absolute Gasteiger partial charge is 0.508 e. The minimum atomic E-state index is -0.261. The van der Waals surface area contributed by atoms with Gasteiger partial charge in [-0.15, -0.1) is 0 Å². The summed E-state index contributed by atoms with van der Waals surface area (Å²) < 4.78 is 0. The van der Waals surface area contributed by atoms with Crippen molar-refractivity contribution >= 4 is 23.5 Å². The van der Waals surface area contributed by atoms with Crippen LogP contribution in [-0.4, -0.2) is 34.8 Å². The average molecular weight is 388 g/mol. The summed E-state index contributed by atoms with van der Waals surface area (Å²) in [6.07, 6.45) is 3.69. The van der Waals surface area contributed by atoms with Crippen molar-refractivity contribution in [3.63, 3.8) is 0 Å². The number of allylic oxidation sites excluding steroid dienone is 1. The first-order valence-corrected chi connectivity index (χ1v) is 9.38. The van der Waals surface area contributed by atoms with Crippen LogP contribution < -0.4 is 10.3 Å². The molecule has 1 atom stereocenters. The predicted molar refractivity (Wildman–Crippen MR) is 116 cm³/mol. The number of nitrogens with zero attached hydrogens (tertiary/aromatic N) is 3. The van der Waals surface area contributed by atoms with Crippen molar-refractivity contribution in [1.82, 2.24) is 10.3 Å². The Kier molecular flexibility index (Phi) is 6.20. The first kappa shape index (κ1) is 20.0. The Labute approximate surface area is 171 Å². The maximum atomic E-state index is 11.2. The molecule has 29 heavy (non-hydrogen) atoms. The number of amides is 1. The fraction of sp³-hybridized carbons (Fsp3) is 0.217. The highest BCUT2D eigenvalue weighted by Gasteiger charge is 2.19. The quantitative estimate of drug-likeness (QED) is 0.787. The van der Waals surface area contributed by atoms with Crippen molar-refractivity contribution in [2.75, 3.05) is 11.6 Å². The number of nitrogens with one attached hydrogen (secondary N) is 1. The van der Waals surface area contributed by atoms with E-state index in [1.165, 1.54) is 6.92 Å². The lowest BCUT2D eigenvalue weighted by Gasteiger charge is -2.37. The molecule has 0 bridgehead atoms. The van der Waals surface area contributed by atoms with Gasteiger partial charge in [0, 0.05) is 13.1 Å². The second kappa shape index (κ2) is 8.98. The molecule has 3 rings (SSSR count). The number of aromatic hydroxyl groups is 1. The summed E-state index contributed by atoms with van der Waals surface area (Å²) in [7, 11) is 0. The molecule has 1 heterocycles. The van der Waals surface area contributed by atoms with Crippen molar-refractivity contribution in [2.24, 2.45) is 4.99 Å². The molecule has 6 nitrogen and oxygen atoms in total. The molecule has 0 fully saturated rings. The van der Waals surface area contributed by atoms with E-state index in [9.17, 15) is 9.90 Å².